The third kappa shape index (κ3) is 4.19. The first-order chi connectivity index (χ1) is 9.30. The molecule has 3 nitrogen and oxygen atoms in total. The molecule has 0 aliphatic carbocycles. The van der Waals surface area contributed by atoms with Crippen molar-refractivity contribution >= 4 is 0 Å². The quantitative estimate of drug-likeness (QED) is 0.776. The molecule has 1 heterocycles. The zero-order chi connectivity index (χ0) is 15.4. The van der Waals surface area contributed by atoms with Gasteiger partial charge in [0.05, 0.1) is 5.60 Å². The Morgan fingerprint density at radius 2 is 1.90 bits per heavy atom. The van der Waals surface area contributed by atoms with Crippen LogP contribution in [0.1, 0.15) is 60.8 Å². The Kier molecular flexibility index (Phi) is 6.49. The maximum absolute atomic E-state index is 5.60. The van der Waals surface area contributed by atoms with Crippen LogP contribution in [0.4, 0.5) is 0 Å². The number of piperazine rings is 1. The second-order valence-electron chi connectivity index (χ2n) is 7.32. The maximum Gasteiger partial charge on any atom is 0.0634 e. The van der Waals surface area contributed by atoms with Gasteiger partial charge in [0, 0.05) is 38.3 Å². The van der Waals surface area contributed by atoms with Crippen LogP contribution in [0.5, 0.6) is 0 Å². The number of hydrogen-bond donors (Lipinski definition) is 1. The third-order valence-corrected chi connectivity index (χ3v) is 5.44. The lowest BCUT2D eigenvalue weighted by Gasteiger charge is -2.51. The summed E-state index contributed by atoms with van der Waals surface area (Å²) in [5, 5.41) is 3.78. The molecule has 120 valence electrons. The van der Waals surface area contributed by atoms with Crippen LogP contribution in [0.15, 0.2) is 0 Å². The molecule has 0 spiro atoms. The van der Waals surface area contributed by atoms with Gasteiger partial charge in [-0.3, -0.25) is 4.90 Å². The molecule has 1 atom stereocenters. The fourth-order valence-electron chi connectivity index (χ4n) is 3.16. The smallest absolute Gasteiger partial charge is 0.0634 e. The lowest BCUT2D eigenvalue weighted by Crippen LogP contribution is -2.65. The van der Waals surface area contributed by atoms with E-state index in [0.717, 1.165) is 19.5 Å². The van der Waals surface area contributed by atoms with E-state index in [0.29, 0.717) is 17.5 Å². The molecule has 1 N–H and O–H groups in total. The summed E-state index contributed by atoms with van der Waals surface area (Å²) in [5.41, 5.74) is 0.306. The van der Waals surface area contributed by atoms with E-state index < -0.39 is 0 Å². The summed E-state index contributed by atoms with van der Waals surface area (Å²) >= 11 is 0. The monoisotopic (exact) mass is 284 g/mol. The van der Waals surface area contributed by atoms with Gasteiger partial charge in [0.1, 0.15) is 0 Å². The number of methoxy groups -OCH3 is 1. The van der Waals surface area contributed by atoms with E-state index in [1.165, 1.54) is 19.4 Å². The molecular formula is C17H36N2O. The van der Waals surface area contributed by atoms with Crippen LogP contribution in [0.2, 0.25) is 0 Å². The van der Waals surface area contributed by atoms with Gasteiger partial charge < -0.3 is 10.1 Å². The average Bonchev–Trinajstić information content (AvgIpc) is 2.44. The van der Waals surface area contributed by atoms with Gasteiger partial charge in [0.15, 0.2) is 0 Å². The molecule has 0 bridgehead atoms. The van der Waals surface area contributed by atoms with Crippen LogP contribution in [0.25, 0.3) is 0 Å². The molecule has 1 aliphatic heterocycles. The Morgan fingerprint density at radius 3 is 2.35 bits per heavy atom. The molecule has 1 unspecified atom stereocenters. The lowest BCUT2D eigenvalue weighted by molar-refractivity contribution is -0.0241. The van der Waals surface area contributed by atoms with E-state index in [9.17, 15) is 0 Å². The molecule has 1 aliphatic rings. The summed E-state index contributed by atoms with van der Waals surface area (Å²) in [4.78, 5) is 2.73. The van der Waals surface area contributed by atoms with Crippen molar-refractivity contribution in [3.8, 4) is 0 Å². The van der Waals surface area contributed by atoms with Crippen molar-refractivity contribution in [3.05, 3.63) is 0 Å². The molecular weight excluding hydrogens is 248 g/mol. The van der Waals surface area contributed by atoms with E-state index in [4.69, 9.17) is 4.74 Å². The predicted octanol–water partition coefficient (Wildman–Crippen LogP) is 3.29. The summed E-state index contributed by atoms with van der Waals surface area (Å²) in [6.07, 6.45) is 3.53. The van der Waals surface area contributed by atoms with Gasteiger partial charge in [-0.25, -0.2) is 0 Å². The zero-order valence-electron chi connectivity index (χ0n) is 14.8. The number of nitrogens with zero attached hydrogens (tertiary/aromatic N) is 1. The first-order valence-corrected chi connectivity index (χ1v) is 8.34. The molecule has 1 fully saturated rings. The molecule has 0 aromatic carbocycles. The summed E-state index contributed by atoms with van der Waals surface area (Å²) in [7, 11) is 1.82. The average molecular weight is 284 g/mol. The highest BCUT2D eigenvalue weighted by Gasteiger charge is 2.39. The van der Waals surface area contributed by atoms with Gasteiger partial charge >= 0.3 is 0 Å². The highest BCUT2D eigenvalue weighted by molar-refractivity contribution is 4.98. The van der Waals surface area contributed by atoms with Gasteiger partial charge in [-0.1, -0.05) is 27.7 Å². The minimum Gasteiger partial charge on any atom is -0.379 e. The van der Waals surface area contributed by atoms with Gasteiger partial charge in [0.2, 0.25) is 0 Å². The minimum absolute atomic E-state index is 0.0224. The first kappa shape index (κ1) is 17.9. The first-order valence-electron chi connectivity index (χ1n) is 8.34. The molecule has 0 amide bonds. The third-order valence-electron chi connectivity index (χ3n) is 5.44. The molecule has 1 saturated heterocycles. The van der Waals surface area contributed by atoms with Crippen molar-refractivity contribution in [2.75, 3.05) is 26.7 Å². The van der Waals surface area contributed by atoms with Crippen molar-refractivity contribution in [2.45, 2.75) is 78.0 Å². The molecule has 1 rings (SSSR count). The second-order valence-corrected chi connectivity index (χ2v) is 7.32. The Balaban J connectivity index is 2.77. The molecule has 0 aromatic heterocycles. The summed E-state index contributed by atoms with van der Waals surface area (Å²) in [6.45, 7) is 17.1. The van der Waals surface area contributed by atoms with Crippen molar-refractivity contribution in [2.24, 2.45) is 5.92 Å². The SMILES string of the molecule is CCC1(CC)CNC(C(C)C)CN1CCC(C)(C)OC. The Bertz CT molecular complexity index is 285. The Hall–Kier alpha value is -0.120. The number of rotatable bonds is 7. The van der Waals surface area contributed by atoms with Crippen LogP contribution in [-0.2, 0) is 4.74 Å². The predicted molar refractivity (Wildman–Crippen MR) is 87.2 cm³/mol. The van der Waals surface area contributed by atoms with Crippen LogP contribution < -0.4 is 5.32 Å². The van der Waals surface area contributed by atoms with Crippen LogP contribution in [-0.4, -0.2) is 48.8 Å². The van der Waals surface area contributed by atoms with Crippen LogP contribution >= 0.6 is 0 Å². The van der Waals surface area contributed by atoms with Gasteiger partial charge in [0.25, 0.3) is 0 Å². The lowest BCUT2D eigenvalue weighted by atomic mass is 9.84. The summed E-state index contributed by atoms with van der Waals surface area (Å²) in [5.74, 6) is 0.694. The van der Waals surface area contributed by atoms with Gasteiger partial charge in [-0.05, 0) is 39.0 Å². The second kappa shape index (κ2) is 7.24. The van der Waals surface area contributed by atoms with E-state index in [2.05, 4.69) is 51.8 Å². The van der Waals surface area contributed by atoms with Crippen molar-refractivity contribution < 1.29 is 4.74 Å². The molecule has 0 radical (unpaired) electrons. The van der Waals surface area contributed by atoms with Gasteiger partial charge in [-0.2, -0.15) is 0 Å². The number of ether oxygens (including phenoxy) is 1. The maximum atomic E-state index is 5.60. The summed E-state index contributed by atoms with van der Waals surface area (Å²) < 4.78 is 5.60. The number of hydrogen-bond acceptors (Lipinski definition) is 3. The topological polar surface area (TPSA) is 24.5 Å². The minimum atomic E-state index is -0.0224. The highest BCUT2D eigenvalue weighted by Crippen LogP contribution is 2.29. The van der Waals surface area contributed by atoms with E-state index in [-0.39, 0.29) is 5.60 Å². The van der Waals surface area contributed by atoms with Gasteiger partial charge in [-0.15, -0.1) is 0 Å². The number of nitrogens with one attached hydrogen (secondary N) is 1. The summed E-state index contributed by atoms with van der Waals surface area (Å²) in [6, 6.07) is 0.617. The molecule has 0 aromatic rings. The van der Waals surface area contributed by atoms with Crippen molar-refractivity contribution in [1.82, 2.24) is 10.2 Å². The van der Waals surface area contributed by atoms with Crippen LogP contribution in [0.3, 0.4) is 0 Å². The van der Waals surface area contributed by atoms with E-state index >= 15 is 0 Å². The Labute approximate surface area is 126 Å². The van der Waals surface area contributed by atoms with Crippen molar-refractivity contribution in [3.63, 3.8) is 0 Å². The zero-order valence-corrected chi connectivity index (χ0v) is 14.8. The molecule has 3 heteroatoms. The van der Waals surface area contributed by atoms with E-state index in [1.54, 1.807) is 0 Å². The normalized spacial score (nSPS) is 24.3. The van der Waals surface area contributed by atoms with Crippen LogP contribution in [0, 0.1) is 5.92 Å². The highest BCUT2D eigenvalue weighted by atomic mass is 16.5. The standard InChI is InChI=1S/C17H36N2O/c1-8-17(9-2)13-18-15(14(3)4)12-19(17)11-10-16(5,6)20-7/h14-15,18H,8-13H2,1-7H3. The van der Waals surface area contributed by atoms with Crippen molar-refractivity contribution in [1.29, 1.82) is 0 Å². The van der Waals surface area contributed by atoms with E-state index in [1.807, 2.05) is 7.11 Å². The largest absolute Gasteiger partial charge is 0.379 e. The molecule has 0 saturated carbocycles. The fraction of sp³-hybridized carbons (Fsp3) is 1.00. The Morgan fingerprint density at radius 1 is 1.30 bits per heavy atom. The molecule has 20 heavy (non-hydrogen) atoms. The fourth-order valence-corrected chi connectivity index (χ4v) is 3.16.